The van der Waals surface area contributed by atoms with Crippen LogP contribution in [0.3, 0.4) is 0 Å². The van der Waals surface area contributed by atoms with Gasteiger partial charge in [-0.25, -0.2) is 0 Å². The first-order valence-corrected chi connectivity index (χ1v) is 5.31. The van der Waals surface area contributed by atoms with Gasteiger partial charge in [0.25, 0.3) is 0 Å². The maximum absolute atomic E-state index is 8.88. The van der Waals surface area contributed by atoms with Crippen molar-refractivity contribution in [2.45, 2.75) is 6.54 Å². The average Bonchev–Trinajstić information content (AvgIpc) is 2.40. The van der Waals surface area contributed by atoms with Gasteiger partial charge in [-0.05, 0) is 17.7 Å². The van der Waals surface area contributed by atoms with E-state index >= 15 is 0 Å². The summed E-state index contributed by atoms with van der Waals surface area (Å²) < 4.78 is 0. The van der Waals surface area contributed by atoms with Gasteiger partial charge in [0.05, 0.1) is 12.1 Å². The zero-order chi connectivity index (χ0) is 11.9. The second kappa shape index (κ2) is 5.57. The van der Waals surface area contributed by atoms with Crippen LogP contribution in [0.4, 0.5) is 5.69 Å². The lowest BCUT2D eigenvalue weighted by atomic mass is 10.2. The molecule has 0 aliphatic heterocycles. The van der Waals surface area contributed by atoms with Crippen LogP contribution >= 0.6 is 0 Å². The van der Waals surface area contributed by atoms with Crippen molar-refractivity contribution in [1.82, 2.24) is 0 Å². The minimum absolute atomic E-state index is 0.528. The molecule has 0 radical (unpaired) electrons. The van der Waals surface area contributed by atoms with Crippen LogP contribution in [0.1, 0.15) is 11.1 Å². The highest BCUT2D eigenvalue weighted by molar-refractivity contribution is 5.52. The molecule has 0 atom stereocenters. The molecule has 0 bridgehead atoms. The Morgan fingerprint density at radius 2 is 1.65 bits per heavy atom. The van der Waals surface area contributed by atoms with Crippen LogP contribution < -0.4 is 0 Å². The molecule has 0 fully saturated rings. The van der Waals surface area contributed by atoms with Gasteiger partial charge in [0, 0.05) is 0 Å². The number of nitrogens with zero attached hydrogens (tertiary/aromatic N) is 3. The van der Waals surface area contributed by atoms with Crippen molar-refractivity contribution in [1.29, 1.82) is 5.26 Å². The Balaban J connectivity index is 2.09. The maximum Gasteiger partial charge on any atom is 0.103 e. The van der Waals surface area contributed by atoms with Gasteiger partial charge in [0.2, 0.25) is 0 Å². The molecule has 17 heavy (non-hydrogen) atoms. The van der Waals surface area contributed by atoms with E-state index in [4.69, 9.17) is 5.26 Å². The normalized spacial score (nSPS) is 10.3. The third-order valence-corrected chi connectivity index (χ3v) is 2.30. The molecule has 3 heteroatoms. The van der Waals surface area contributed by atoms with Gasteiger partial charge < -0.3 is 0 Å². The van der Waals surface area contributed by atoms with Crippen LogP contribution in [0.15, 0.2) is 64.8 Å². The molecule has 2 aromatic rings. The van der Waals surface area contributed by atoms with Gasteiger partial charge in [-0.2, -0.15) is 15.5 Å². The molecule has 0 aliphatic rings. The predicted molar refractivity (Wildman–Crippen MR) is 65.8 cm³/mol. The highest BCUT2D eigenvalue weighted by Crippen LogP contribution is 2.18. The van der Waals surface area contributed by atoms with Crippen molar-refractivity contribution < 1.29 is 0 Å². The zero-order valence-electron chi connectivity index (χ0n) is 9.24. The Hall–Kier alpha value is -2.47. The lowest BCUT2D eigenvalue weighted by Gasteiger charge is -1.96. The standard InChI is InChI=1S/C14H11N3/c15-10-13-8-4-5-9-14(13)17-16-11-12-6-2-1-3-7-12/h1-9H,11H2. The minimum Gasteiger partial charge on any atom is -0.192 e. The van der Waals surface area contributed by atoms with Gasteiger partial charge in [-0.3, -0.25) is 0 Å². The van der Waals surface area contributed by atoms with Crippen molar-refractivity contribution in [3.63, 3.8) is 0 Å². The fourth-order valence-electron chi connectivity index (χ4n) is 1.43. The molecule has 0 heterocycles. The van der Waals surface area contributed by atoms with Crippen molar-refractivity contribution in [2.24, 2.45) is 10.2 Å². The van der Waals surface area contributed by atoms with E-state index in [2.05, 4.69) is 16.3 Å². The first-order chi connectivity index (χ1) is 8.40. The molecule has 0 spiro atoms. The molecule has 2 rings (SSSR count). The van der Waals surface area contributed by atoms with Crippen molar-refractivity contribution in [2.75, 3.05) is 0 Å². The maximum atomic E-state index is 8.88. The van der Waals surface area contributed by atoms with Gasteiger partial charge in [-0.15, -0.1) is 0 Å². The number of nitriles is 1. The van der Waals surface area contributed by atoms with E-state index in [1.54, 1.807) is 12.1 Å². The van der Waals surface area contributed by atoms with Crippen LogP contribution in [0.2, 0.25) is 0 Å². The number of hydrogen-bond acceptors (Lipinski definition) is 3. The summed E-state index contributed by atoms with van der Waals surface area (Å²) in [5, 5.41) is 17.1. The summed E-state index contributed by atoms with van der Waals surface area (Å²) in [5.74, 6) is 0. The fourth-order valence-corrected chi connectivity index (χ4v) is 1.43. The molecule has 0 saturated carbocycles. The van der Waals surface area contributed by atoms with E-state index in [0.29, 0.717) is 17.8 Å². The average molecular weight is 221 g/mol. The van der Waals surface area contributed by atoms with Crippen LogP contribution in [-0.2, 0) is 6.54 Å². The zero-order valence-corrected chi connectivity index (χ0v) is 9.24. The Labute approximate surface area is 100 Å². The Kier molecular flexibility index (Phi) is 3.61. The molecule has 0 saturated heterocycles. The van der Waals surface area contributed by atoms with E-state index in [0.717, 1.165) is 5.56 Å². The molecule has 0 unspecified atom stereocenters. The van der Waals surface area contributed by atoms with Crippen molar-refractivity contribution in [3.05, 3.63) is 65.7 Å². The van der Waals surface area contributed by atoms with Gasteiger partial charge in [0.15, 0.2) is 0 Å². The molecule has 0 aliphatic carbocycles. The molecule has 2 aromatic carbocycles. The van der Waals surface area contributed by atoms with E-state index < -0.39 is 0 Å². The van der Waals surface area contributed by atoms with Crippen LogP contribution in [0, 0.1) is 11.3 Å². The van der Waals surface area contributed by atoms with Crippen molar-refractivity contribution >= 4 is 5.69 Å². The van der Waals surface area contributed by atoms with Gasteiger partial charge in [-0.1, -0.05) is 42.5 Å². The summed E-state index contributed by atoms with van der Waals surface area (Å²) in [7, 11) is 0. The second-order valence-electron chi connectivity index (χ2n) is 3.51. The lowest BCUT2D eigenvalue weighted by molar-refractivity contribution is 0.958. The van der Waals surface area contributed by atoms with E-state index in [-0.39, 0.29) is 0 Å². The minimum atomic E-state index is 0.528. The predicted octanol–water partition coefficient (Wildman–Crippen LogP) is 3.84. The molecule has 0 amide bonds. The number of azo groups is 1. The second-order valence-corrected chi connectivity index (χ2v) is 3.51. The quantitative estimate of drug-likeness (QED) is 0.726. The third-order valence-electron chi connectivity index (χ3n) is 2.30. The van der Waals surface area contributed by atoms with Gasteiger partial charge >= 0.3 is 0 Å². The van der Waals surface area contributed by atoms with E-state index in [9.17, 15) is 0 Å². The Bertz CT molecular complexity index is 553. The lowest BCUT2D eigenvalue weighted by Crippen LogP contribution is -1.78. The molecular weight excluding hydrogens is 210 g/mol. The first kappa shape index (κ1) is 11.0. The Morgan fingerprint density at radius 1 is 0.941 bits per heavy atom. The molecule has 82 valence electrons. The van der Waals surface area contributed by atoms with Gasteiger partial charge in [0.1, 0.15) is 11.8 Å². The summed E-state index contributed by atoms with van der Waals surface area (Å²) >= 11 is 0. The van der Waals surface area contributed by atoms with Crippen LogP contribution in [0.25, 0.3) is 0 Å². The number of benzene rings is 2. The highest BCUT2D eigenvalue weighted by Gasteiger charge is 1.97. The summed E-state index contributed by atoms with van der Waals surface area (Å²) in [5.41, 5.74) is 2.26. The van der Waals surface area contributed by atoms with Crippen LogP contribution in [-0.4, -0.2) is 0 Å². The summed E-state index contributed by atoms with van der Waals surface area (Å²) in [6.07, 6.45) is 0. The van der Waals surface area contributed by atoms with Crippen molar-refractivity contribution in [3.8, 4) is 6.07 Å². The monoisotopic (exact) mass is 221 g/mol. The Morgan fingerprint density at radius 3 is 2.41 bits per heavy atom. The summed E-state index contributed by atoms with van der Waals surface area (Å²) in [6.45, 7) is 0.528. The molecule has 3 nitrogen and oxygen atoms in total. The summed E-state index contributed by atoms with van der Waals surface area (Å²) in [4.78, 5) is 0. The van der Waals surface area contributed by atoms with E-state index in [1.807, 2.05) is 42.5 Å². The number of rotatable bonds is 3. The fraction of sp³-hybridized carbons (Fsp3) is 0.0714. The molecule has 0 N–H and O–H groups in total. The van der Waals surface area contributed by atoms with Crippen LogP contribution in [0.5, 0.6) is 0 Å². The highest BCUT2D eigenvalue weighted by atomic mass is 15.1. The first-order valence-electron chi connectivity index (χ1n) is 5.31. The summed E-state index contributed by atoms with van der Waals surface area (Å²) in [6, 6.07) is 19.2. The smallest absolute Gasteiger partial charge is 0.103 e. The third kappa shape index (κ3) is 2.99. The molecule has 0 aromatic heterocycles. The number of hydrogen-bond donors (Lipinski definition) is 0. The molecular formula is C14H11N3. The van der Waals surface area contributed by atoms with E-state index in [1.165, 1.54) is 0 Å². The topological polar surface area (TPSA) is 48.5 Å². The SMILES string of the molecule is N#Cc1ccccc1N=NCc1ccccc1. The largest absolute Gasteiger partial charge is 0.192 e.